The number of amides is 3. The van der Waals surface area contributed by atoms with Crippen molar-refractivity contribution in [2.75, 3.05) is 34.9 Å². The van der Waals surface area contributed by atoms with E-state index < -0.39 is 54.0 Å². The molecule has 1 aromatic rings. The van der Waals surface area contributed by atoms with Crippen molar-refractivity contribution in [2.45, 2.75) is 123 Å². The maximum Gasteiger partial charge on any atom is 0.326 e. The molecule has 9 atom stereocenters. The number of carbonyl (C=O) groups is 5. The normalized spacial score (nSPS) is 19.3. The molecule has 12 heteroatoms. The van der Waals surface area contributed by atoms with Crippen LogP contribution in [0.5, 0.6) is 0 Å². The summed E-state index contributed by atoms with van der Waals surface area (Å²) in [6.07, 6.45) is 1.03. The van der Waals surface area contributed by atoms with Gasteiger partial charge in [-0.25, -0.2) is 4.79 Å². The highest BCUT2D eigenvalue weighted by atomic mass is 16.5. The third-order valence-electron chi connectivity index (χ3n) is 11.0. The summed E-state index contributed by atoms with van der Waals surface area (Å²) in [6, 6.07) is 6.80. The number of hydrogen-bond acceptors (Lipinski definition) is 8. The fourth-order valence-electron chi connectivity index (χ4n) is 7.74. The Morgan fingerprint density at radius 1 is 0.962 bits per heavy atom. The number of likely N-dealkylation sites (N-methyl/N-ethyl adjacent to an activating group) is 2. The molecule has 1 unspecified atom stereocenters. The van der Waals surface area contributed by atoms with Gasteiger partial charge in [-0.15, -0.1) is 0 Å². The minimum absolute atomic E-state index is 0.00173. The van der Waals surface area contributed by atoms with Crippen molar-refractivity contribution in [1.29, 1.82) is 0 Å². The molecule has 1 heterocycles. The molecule has 1 aromatic carbocycles. The van der Waals surface area contributed by atoms with E-state index in [0.29, 0.717) is 13.0 Å². The zero-order valence-electron chi connectivity index (χ0n) is 33.4. The maximum atomic E-state index is 14.2. The molecule has 52 heavy (non-hydrogen) atoms. The minimum atomic E-state index is -1.13. The predicted octanol–water partition coefficient (Wildman–Crippen LogP) is 4.19. The molecule has 3 amide bonds. The average Bonchev–Trinajstić information content (AvgIpc) is 3.59. The van der Waals surface area contributed by atoms with E-state index >= 15 is 0 Å². The maximum absolute atomic E-state index is 14.2. The first kappa shape index (κ1) is 44.8. The summed E-state index contributed by atoms with van der Waals surface area (Å²) in [5, 5.41) is 15.6. The van der Waals surface area contributed by atoms with Crippen molar-refractivity contribution in [1.82, 2.24) is 20.4 Å². The topological polar surface area (TPSA) is 155 Å². The van der Waals surface area contributed by atoms with Crippen LogP contribution in [0.1, 0.15) is 86.1 Å². The van der Waals surface area contributed by atoms with Crippen molar-refractivity contribution in [3.63, 3.8) is 0 Å². The molecule has 1 aliphatic heterocycles. The van der Waals surface area contributed by atoms with Gasteiger partial charge in [-0.2, -0.15) is 0 Å². The van der Waals surface area contributed by atoms with Crippen LogP contribution in [0.3, 0.4) is 0 Å². The van der Waals surface area contributed by atoms with Crippen LogP contribution >= 0.6 is 0 Å². The Kier molecular flexibility index (Phi) is 18.4. The van der Waals surface area contributed by atoms with Gasteiger partial charge in [0.1, 0.15) is 6.04 Å². The fraction of sp³-hybridized carbons (Fsp3) is 0.725. The Morgan fingerprint density at radius 3 is 2.10 bits per heavy atom. The van der Waals surface area contributed by atoms with Crippen LogP contribution < -0.4 is 10.6 Å². The van der Waals surface area contributed by atoms with Crippen LogP contribution in [0.25, 0.3) is 0 Å². The molecule has 294 valence electrons. The van der Waals surface area contributed by atoms with Gasteiger partial charge in [-0.05, 0) is 43.2 Å². The summed E-state index contributed by atoms with van der Waals surface area (Å²) in [5.41, 5.74) is 0.788. The molecule has 1 aliphatic rings. The van der Waals surface area contributed by atoms with Gasteiger partial charge in [0, 0.05) is 46.6 Å². The summed E-state index contributed by atoms with van der Waals surface area (Å²) in [6.45, 7) is 14.1. The number of ketones is 1. The number of methoxy groups -OCH3 is 2. The number of nitrogens with one attached hydrogen (secondary N) is 2. The third kappa shape index (κ3) is 11.8. The molecule has 0 radical (unpaired) electrons. The lowest BCUT2D eigenvalue weighted by Gasteiger charge is -2.41. The quantitative estimate of drug-likeness (QED) is 0.159. The van der Waals surface area contributed by atoms with Gasteiger partial charge in [-0.1, -0.05) is 85.2 Å². The number of ether oxygens (including phenoxy) is 2. The summed E-state index contributed by atoms with van der Waals surface area (Å²) < 4.78 is 11.9. The van der Waals surface area contributed by atoms with Crippen LogP contribution in [0.2, 0.25) is 0 Å². The number of carbonyl (C=O) groups excluding carboxylic acids is 4. The second kappa shape index (κ2) is 21.4. The van der Waals surface area contributed by atoms with Crippen LogP contribution in [-0.4, -0.2) is 116 Å². The van der Waals surface area contributed by atoms with Gasteiger partial charge in [0.2, 0.25) is 17.7 Å². The third-order valence-corrected chi connectivity index (χ3v) is 11.0. The van der Waals surface area contributed by atoms with Crippen molar-refractivity contribution >= 4 is 29.5 Å². The molecule has 3 N–H and O–H groups in total. The highest BCUT2D eigenvalue weighted by Gasteiger charge is 2.43. The predicted molar refractivity (Wildman–Crippen MR) is 201 cm³/mol. The Balaban J connectivity index is 2.26. The molecular formula is C40H66N4O8. The first-order chi connectivity index (χ1) is 24.5. The van der Waals surface area contributed by atoms with E-state index in [1.807, 2.05) is 71.9 Å². The molecule has 0 aliphatic carbocycles. The highest BCUT2D eigenvalue weighted by Crippen LogP contribution is 2.31. The number of benzene rings is 1. The van der Waals surface area contributed by atoms with E-state index in [-0.39, 0.29) is 60.7 Å². The number of carboxylic acid groups (broad SMARTS) is 1. The van der Waals surface area contributed by atoms with Crippen molar-refractivity contribution in [2.24, 2.45) is 29.6 Å². The smallest absolute Gasteiger partial charge is 0.326 e. The van der Waals surface area contributed by atoms with Crippen LogP contribution in [0.15, 0.2) is 30.3 Å². The van der Waals surface area contributed by atoms with Gasteiger partial charge >= 0.3 is 5.97 Å². The Morgan fingerprint density at radius 2 is 1.60 bits per heavy atom. The second-order valence-corrected chi connectivity index (χ2v) is 15.2. The van der Waals surface area contributed by atoms with Crippen molar-refractivity contribution in [3.05, 3.63) is 35.9 Å². The van der Waals surface area contributed by atoms with E-state index in [1.165, 1.54) is 7.11 Å². The summed E-state index contributed by atoms with van der Waals surface area (Å²) in [5.74, 6) is -3.20. The lowest BCUT2D eigenvalue weighted by molar-refractivity contribution is -0.149. The largest absolute Gasteiger partial charge is 0.480 e. The number of nitrogens with zero attached hydrogens (tertiary/aromatic N) is 2. The molecule has 0 spiro atoms. The average molecular weight is 731 g/mol. The number of rotatable bonds is 22. The number of likely N-dealkylation sites (tertiary alicyclic amines) is 1. The lowest BCUT2D eigenvalue weighted by Crippen LogP contribution is -2.55. The fourth-order valence-corrected chi connectivity index (χ4v) is 7.74. The molecule has 2 rings (SSSR count). The van der Waals surface area contributed by atoms with Crippen LogP contribution in [-0.2, 0) is 39.9 Å². The van der Waals surface area contributed by atoms with Crippen molar-refractivity contribution < 1.29 is 38.6 Å². The lowest BCUT2D eigenvalue weighted by atomic mass is 9.84. The van der Waals surface area contributed by atoms with E-state index in [4.69, 9.17) is 9.47 Å². The number of Topliss-reactive ketones (excluding diaryl/α,β-unsaturated/α-hetero) is 1. The van der Waals surface area contributed by atoms with Gasteiger partial charge in [0.15, 0.2) is 5.78 Å². The molecule has 12 nitrogen and oxygen atoms in total. The molecule has 0 aromatic heterocycles. The molecule has 0 bridgehead atoms. The van der Waals surface area contributed by atoms with E-state index in [0.717, 1.165) is 18.4 Å². The van der Waals surface area contributed by atoms with Gasteiger partial charge in [0.05, 0.1) is 42.7 Å². The zero-order chi connectivity index (χ0) is 39.3. The number of carboxylic acids is 1. The van der Waals surface area contributed by atoms with Gasteiger partial charge in [-0.3, -0.25) is 19.2 Å². The molecule has 0 saturated carbocycles. The molecular weight excluding hydrogens is 664 g/mol. The van der Waals surface area contributed by atoms with Crippen molar-refractivity contribution in [3.8, 4) is 0 Å². The Hall–Kier alpha value is -3.35. The monoisotopic (exact) mass is 730 g/mol. The molecule has 1 saturated heterocycles. The zero-order valence-corrected chi connectivity index (χ0v) is 33.4. The first-order valence-corrected chi connectivity index (χ1v) is 18.9. The standard InChI is InChI=1S/C40H66N4O8/c1-12-26(6)36(43(9)39(48)29(24(2)3)22-32(45)35(41-8)25(4)5)33(51-10)23-34(46)44-20-16-19-31(44)37(52-11)27(7)38(47)42-30(40(49)50)21-28-17-14-13-15-18-28/h13-15,17-18,24-27,29-31,33,35-37,41H,12,16,19-23H2,1-11H3,(H,42,47)(H,49,50)/t26-,27+,29-,30-,31-,33?,35-,36-,37+/m0/s1. The molecule has 1 fully saturated rings. The second-order valence-electron chi connectivity index (χ2n) is 15.2. The van der Waals surface area contributed by atoms with Gasteiger partial charge in [0.25, 0.3) is 0 Å². The summed E-state index contributed by atoms with van der Waals surface area (Å²) >= 11 is 0. The minimum Gasteiger partial charge on any atom is -0.480 e. The summed E-state index contributed by atoms with van der Waals surface area (Å²) in [7, 11) is 6.56. The summed E-state index contributed by atoms with van der Waals surface area (Å²) in [4.78, 5) is 70.6. The van der Waals surface area contributed by atoms with Crippen LogP contribution in [0.4, 0.5) is 0 Å². The number of aliphatic carboxylic acids is 1. The first-order valence-electron chi connectivity index (χ1n) is 18.9. The Bertz CT molecular complexity index is 1310. The highest BCUT2D eigenvalue weighted by molar-refractivity contribution is 5.90. The number of hydrogen-bond donors (Lipinski definition) is 3. The van der Waals surface area contributed by atoms with Crippen LogP contribution in [0, 0.1) is 29.6 Å². The SMILES string of the molecule is CC[C@H](C)[C@@H](C(CC(=O)N1CCC[C@H]1[C@H](OC)[C@@H](C)C(=O)N[C@@H](Cc1ccccc1)C(=O)O)OC)N(C)C(=O)[C@@H](CC(=O)[C@@H](NC)C(C)C)C(C)C. The Labute approximate surface area is 311 Å². The van der Waals surface area contributed by atoms with E-state index in [2.05, 4.69) is 10.6 Å². The van der Waals surface area contributed by atoms with Gasteiger partial charge < -0.3 is 35.0 Å². The van der Waals surface area contributed by atoms with E-state index in [9.17, 15) is 29.1 Å². The van der Waals surface area contributed by atoms with E-state index in [1.54, 1.807) is 37.9 Å².